The number of nitrogens with zero attached hydrogens (tertiary/aromatic N) is 1. The van der Waals surface area contributed by atoms with Crippen molar-refractivity contribution in [3.8, 4) is 0 Å². The summed E-state index contributed by atoms with van der Waals surface area (Å²) in [5.41, 5.74) is 3.76. The van der Waals surface area contributed by atoms with Crippen molar-refractivity contribution in [1.29, 1.82) is 0 Å². The van der Waals surface area contributed by atoms with Gasteiger partial charge in [-0.3, -0.25) is 4.90 Å². The topological polar surface area (TPSA) is 61.4 Å². The molecular weight excluding hydrogens is 382 g/mol. The average Bonchev–Trinajstić information content (AvgIpc) is 2.99. The highest BCUT2D eigenvalue weighted by Crippen LogP contribution is 2.21. The summed E-state index contributed by atoms with van der Waals surface area (Å²) in [5.74, 6) is 0.404. The van der Waals surface area contributed by atoms with Crippen LogP contribution in [0.4, 0.5) is 0 Å². The largest absolute Gasteiger partial charge is 0.316 e. The van der Waals surface area contributed by atoms with E-state index in [1.807, 2.05) is 18.2 Å². The molecule has 0 radical (unpaired) electrons. The van der Waals surface area contributed by atoms with Gasteiger partial charge in [-0.1, -0.05) is 36.4 Å². The summed E-state index contributed by atoms with van der Waals surface area (Å²) >= 11 is 0. The van der Waals surface area contributed by atoms with Crippen LogP contribution in [0.1, 0.15) is 29.5 Å². The van der Waals surface area contributed by atoms with Gasteiger partial charge in [-0.05, 0) is 86.6 Å². The number of sulfonamides is 1. The van der Waals surface area contributed by atoms with Gasteiger partial charge in [0.25, 0.3) is 0 Å². The van der Waals surface area contributed by atoms with Crippen molar-refractivity contribution in [2.24, 2.45) is 5.92 Å². The molecular formula is C23H31N3O2S. The fourth-order valence-corrected chi connectivity index (χ4v) is 5.48. The van der Waals surface area contributed by atoms with Crippen LogP contribution in [-0.4, -0.2) is 46.0 Å². The lowest BCUT2D eigenvalue weighted by atomic mass is 9.97. The van der Waals surface area contributed by atoms with Gasteiger partial charge in [-0.25, -0.2) is 13.1 Å². The first-order chi connectivity index (χ1) is 14.1. The minimum atomic E-state index is -3.45. The number of nitrogens with one attached hydrogen (secondary N) is 2. The molecule has 0 unspecified atom stereocenters. The third kappa shape index (κ3) is 5.45. The molecule has 6 heteroatoms. The van der Waals surface area contributed by atoms with E-state index in [0.717, 1.165) is 64.0 Å². The van der Waals surface area contributed by atoms with Crippen molar-refractivity contribution >= 4 is 10.0 Å². The highest BCUT2D eigenvalue weighted by Gasteiger charge is 2.22. The highest BCUT2D eigenvalue weighted by molar-refractivity contribution is 7.89. The number of hydrogen-bond acceptors (Lipinski definition) is 4. The Balaban J connectivity index is 1.29. The molecule has 5 nitrogen and oxygen atoms in total. The molecule has 2 N–H and O–H groups in total. The van der Waals surface area contributed by atoms with Gasteiger partial charge in [0.2, 0.25) is 10.0 Å². The van der Waals surface area contributed by atoms with E-state index in [1.165, 1.54) is 11.1 Å². The minimum Gasteiger partial charge on any atom is -0.316 e. The molecule has 2 aliphatic heterocycles. The van der Waals surface area contributed by atoms with Crippen molar-refractivity contribution in [3.05, 3.63) is 65.2 Å². The average molecular weight is 414 g/mol. The van der Waals surface area contributed by atoms with Gasteiger partial charge in [-0.2, -0.15) is 0 Å². The Labute approximate surface area is 174 Å². The van der Waals surface area contributed by atoms with Crippen LogP contribution < -0.4 is 10.0 Å². The van der Waals surface area contributed by atoms with Gasteiger partial charge < -0.3 is 5.32 Å². The summed E-state index contributed by atoms with van der Waals surface area (Å²) in [4.78, 5) is 2.86. The molecule has 156 valence electrons. The van der Waals surface area contributed by atoms with Crippen LogP contribution >= 0.6 is 0 Å². The Bertz CT molecular complexity index is 907. The third-order valence-electron chi connectivity index (χ3n) is 6.15. The lowest BCUT2D eigenvalue weighted by Crippen LogP contribution is -2.38. The standard InChI is InChI=1S/C23H31N3O2S/c27-29(28,23-7-6-21-8-12-24-13-9-22(21)16-23)25-17-19-10-14-26(15-11-19)18-20-4-2-1-3-5-20/h1-7,16,19,24-25H,8-15,17-18H2. The summed E-state index contributed by atoms with van der Waals surface area (Å²) in [6.45, 7) is 5.41. The maximum atomic E-state index is 12.8. The van der Waals surface area contributed by atoms with E-state index in [-0.39, 0.29) is 0 Å². The summed E-state index contributed by atoms with van der Waals surface area (Å²) in [5, 5.41) is 3.37. The second-order valence-electron chi connectivity index (χ2n) is 8.24. The minimum absolute atomic E-state index is 0.402. The third-order valence-corrected chi connectivity index (χ3v) is 7.57. The summed E-state index contributed by atoms with van der Waals surface area (Å²) < 4.78 is 28.5. The van der Waals surface area contributed by atoms with E-state index in [0.29, 0.717) is 17.4 Å². The molecule has 4 rings (SSSR count). The van der Waals surface area contributed by atoms with Crippen molar-refractivity contribution in [1.82, 2.24) is 14.9 Å². The monoisotopic (exact) mass is 413 g/mol. The van der Waals surface area contributed by atoms with Crippen molar-refractivity contribution in [3.63, 3.8) is 0 Å². The second-order valence-corrected chi connectivity index (χ2v) is 10.0. The van der Waals surface area contributed by atoms with E-state index in [1.54, 1.807) is 6.07 Å². The van der Waals surface area contributed by atoms with Crippen LogP contribution in [0.5, 0.6) is 0 Å². The van der Waals surface area contributed by atoms with Crippen LogP contribution in [0.15, 0.2) is 53.4 Å². The maximum absolute atomic E-state index is 12.8. The molecule has 0 amide bonds. The fraction of sp³-hybridized carbons (Fsp3) is 0.478. The lowest BCUT2D eigenvalue weighted by Gasteiger charge is -2.32. The molecule has 0 aliphatic carbocycles. The van der Waals surface area contributed by atoms with Crippen LogP contribution in [0, 0.1) is 5.92 Å². The van der Waals surface area contributed by atoms with Crippen LogP contribution in [0.2, 0.25) is 0 Å². The second kappa shape index (κ2) is 9.39. The van der Waals surface area contributed by atoms with Crippen molar-refractivity contribution < 1.29 is 8.42 Å². The Morgan fingerprint density at radius 2 is 1.69 bits per heavy atom. The molecule has 0 bridgehead atoms. The van der Waals surface area contributed by atoms with Crippen molar-refractivity contribution in [2.45, 2.75) is 37.1 Å². The summed E-state index contributed by atoms with van der Waals surface area (Å²) in [6.07, 6.45) is 3.92. The molecule has 0 spiro atoms. The predicted molar refractivity (Wildman–Crippen MR) is 116 cm³/mol. The molecule has 1 saturated heterocycles. The first-order valence-electron chi connectivity index (χ1n) is 10.7. The van der Waals surface area contributed by atoms with Gasteiger partial charge in [-0.15, -0.1) is 0 Å². The van der Waals surface area contributed by atoms with Crippen LogP contribution in [0.3, 0.4) is 0 Å². The van der Waals surface area contributed by atoms with Crippen molar-refractivity contribution in [2.75, 3.05) is 32.7 Å². The SMILES string of the molecule is O=S(=O)(NCC1CCN(Cc2ccccc2)CC1)c1ccc2c(c1)CCNCC2. The normalized spacial score (nSPS) is 18.9. The molecule has 2 aliphatic rings. The Morgan fingerprint density at radius 1 is 0.966 bits per heavy atom. The number of fused-ring (bicyclic) bond motifs is 1. The zero-order chi connectivity index (χ0) is 20.1. The molecule has 2 aromatic carbocycles. The maximum Gasteiger partial charge on any atom is 0.240 e. The van der Waals surface area contributed by atoms with Crippen LogP contribution in [0.25, 0.3) is 0 Å². The van der Waals surface area contributed by atoms with Gasteiger partial charge >= 0.3 is 0 Å². The van der Waals surface area contributed by atoms with E-state index in [4.69, 9.17) is 0 Å². The Kier molecular flexibility index (Phi) is 6.65. The first kappa shape index (κ1) is 20.5. The quantitative estimate of drug-likeness (QED) is 0.764. The zero-order valence-electron chi connectivity index (χ0n) is 16.9. The van der Waals surface area contributed by atoms with Gasteiger partial charge in [0, 0.05) is 13.1 Å². The number of rotatable bonds is 6. The van der Waals surface area contributed by atoms with Crippen LogP contribution in [-0.2, 0) is 29.4 Å². The molecule has 0 saturated carbocycles. The predicted octanol–water partition coefficient (Wildman–Crippen LogP) is 2.57. The van der Waals surface area contributed by atoms with E-state index < -0.39 is 10.0 Å². The molecule has 2 heterocycles. The van der Waals surface area contributed by atoms with E-state index in [9.17, 15) is 8.42 Å². The lowest BCUT2D eigenvalue weighted by molar-refractivity contribution is 0.178. The Morgan fingerprint density at radius 3 is 2.45 bits per heavy atom. The molecule has 0 aromatic heterocycles. The van der Waals surface area contributed by atoms with Gasteiger partial charge in [0.15, 0.2) is 0 Å². The number of hydrogen-bond donors (Lipinski definition) is 2. The number of benzene rings is 2. The van der Waals surface area contributed by atoms with E-state index >= 15 is 0 Å². The van der Waals surface area contributed by atoms with Gasteiger partial charge in [0.1, 0.15) is 0 Å². The number of likely N-dealkylation sites (tertiary alicyclic amines) is 1. The van der Waals surface area contributed by atoms with Gasteiger partial charge in [0.05, 0.1) is 4.90 Å². The Hall–Kier alpha value is -1.73. The molecule has 1 fully saturated rings. The molecule has 0 atom stereocenters. The first-order valence-corrected chi connectivity index (χ1v) is 12.2. The zero-order valence-corrected chi connectivity index (χ0v) is 17.8. The number of piperidine rings is 1. The summed E-state index contributed by atoms with van der Waals surface area (Å²) in [6, 6.07) is 16.1. The fourth-order valence-electron chi connectivity index (χ4n) is 4.32. The van der Waals surface area contributed by atoms with E-state index in [2.05, 4.69) is 39.2 Å². The molecule has 2 aromatic rings. The smallest absolute Gasteiger partial charge is 0.240 e. The summed E-state index contributed by atoms with van der Waals surface area (Å²) in [7, 11) is -3.45. The molecule has 29 heavy (non-hydrogen) atoms. The highest BCUT2D eigenvalue weighted by atomic mass is 32.2.